The lowest BCUT2D eigenvalue weighted by Gasteiger charge is -2.23. The van der Waals surface area contributed by atoms with Gasteiger partial charge in [-0.05, 0) is 18.8 Å². The Bertz CT molecular complexity index is 539. The second-order valence-electron chi connectivity index (χ2n) is 4.58. The van der Waals surface area contributed by atoms with E-state index in [1.54, 1.807) is 0 Å². The summed E-state index contributed by atoms with van der Waals surface area (Å²) in [6.45, 7) is -0.272. The number of H-pyrrole nitrogens is 1. The van der Waals surface area contributed by atoms with Gasteiger partial charge in [-0.1, -0.05) is 0 Å². The molecule has 18 heavy (non-hydrogen) atoms. The molecule has 7 heteroatoms. The summed E-state index contributed by atoms with van der Waals surface area (Å²) in [5, 5.41) is 18.5. The maximum Gasteiger partial charge on any atom is 0.328 e. The third kappa shape index (κ3) is 2.11. The van der Waals surface area contributed by atoms with E-state index in [9.17, 15) is 19.1 Å². The highest BCUT2D eigenvalue weighted by Crippen LogP contribution is 2.39. The molecule has 2 rings (SSSR count). The van der Waals surface area contributed by atoms with Gasteiger partial charge in [-0.2, -0.15) is 4.39 Å². The van der Waals surface area contributed by atoms with Crippen LogP contribution in [0, 0.1) is 17.7 Å². The van der Waals surface area contributed by atoms with Gasteiger partial charge in [0.15, 0.2) is 0 Å². The average Bonchev–Trinajstić information content (AvgIpc) is 2.76. The molecule has 100 valence electrons. The number of hydrogen-bond donors (Lipinski definition) is 3. The van der Waals surface area contributed by atoms with Gasteiger partial charge in [0.1, 0.15) is 0 Å². The third-order valence-corrected chi connectivity index (χ3v) is 3.66. The van der Waals surface area contributed by atoms with E-state index in [1.165, 1.54) is 0 Å². The fourth-order valence-electron chi connectivity index (χ4n) is 2.68. The quantitative estimate of drug-likeness (QED) is 0.663. The van der Waals surface area contributed by atoms with E-state index in [0.29, 0.717) is 12.8 Å². The summed E-state index contributed by atoms with van der Waals surface area (Å²) >= 11 is 0. The first-order chi connectivity index (χ1) is 8.58. The molecular weight excluding hydrogens is 243 g/mol. The van der Waals surface area contributed by atoms with E-state index in [0.717, 1.165) is 10.8 Å². The standard InChI is InChI=1S/C11H15FN2O4/c12-8-3-14(11(18)13-10(8)17)9-2-1-6(4-15)7(9)5-16/h3,6-7,9,15-16H,1-2,4-5H2,(H,13,17,18). The first-order valence-corrected chi connectivity index (χ1v) is 5.81. The highest BCUT2D eigenvalue weighted by Gasteiger charge is 2.37. The number of rotatable bonds is 3. The van der Waals surface area contributed by atoms with Crippen LogP contribution in [0.25, 0.3) is 0 Å². The Morgan fingerprint density at radius 1 is 1.33 bits per heavy atom. The van der Waals surface area contributed by atoms with Crippen LogP contribution in [0.3, 0.4) is 0 Å². The molecule has 1 aliphatic carbocycles. The number of hydrogen-bond acceptors (Lipinski definition) is 4. The first kappa shape index (κ1) is 13.0. The molecule has 3 atom stereocenters. The van der Waals surface area contributed by atoms with E-state index in [-0.39, 0.29) is 25.0 Å². The lowest BCUT2D eigenvalue weighted by molar-refractivity contribution is 0.118. The van der Waals surface area contributed by atoms with Crippen LogP contribution in [0.5, 0.6) is 0 Å². The number of aromatic nitrogens is 2. The van der Waals surface area contributed by atoms with Gasteiger partial charge in [-0.25, -0.2) is 4.79 Å². The third-order valence-electron chi connectivity index (χ3n) is 3.66. The Kier molecular flexibility index (Phi) is 3.63. The summed E-state index contributed by atoms with van der Waals surface area (Å²) in [7, 11) is 0. The zero-order valence-corrected chi connectivity index (χ0v) is 9.67. The summed E-state index contributed by atoms with van der Waals surface area (Å²) in [4.78, 5) is 24.5. The van der Waals surface area contributed by atoms with Gasteiger partial charge in [0, 0.05) is 25.2 Å². The van der Waals surface area contributed by atoms with Crippen LogP contribution in [-0.4, -0.2) is 33.0 Å². The Balaban J connectivity index is 2.40. The van der Waals surface area contributed by atoms with Gasteiger partial charge < -0.3 is 10.2 Å². The van der Waals surface area contributed by atoms with Gasteiger partial charge in [-0.15, -0.1) is 0 Å². The predicted molar refractivity (Wildman–Crippen MR) is 60.7 cm³/mol. The van der Waals surface area contributed by atoms with Crippen LogP contribution >= 0.6 is 0 Å². The van der Waals surface area contributed by atoms with Crippen LogP contribution in [0.4, 0.5) is 4.39 Å². The molecular formula is C11H15FN2O4. The zero-order valence-electron chi connectivity index (χ0n) is 9.67. The largest absolute Gasteiger partial charge is 0.396 e. The van der Waals surface area contributed by atoms with Gasteiger partial charge in [-0.3, -0.25) is 14.3 Å². The molecule has 1 saturated carbocycles. The molecule has 3 unspecified atom stereocenters. The normalized spacial score (nSPS) is 27.6. The van der Waals surface area contributed by atoms with Crippen LogP contribution < -0.4 is 11.2 Å². The fraction of sp³-hybridized carbons (Fsp3) is 0.636. The van der Waals surface area contributed by atoms with E-state index < -0.39 is 23.1 Å². The van der Waals surface area contributed by atoms with Crippen molar-refractivity contribution in [1.82, 2.24) is 9.55 Å². The van der Waals surface area contributed by atoms with E-state index in [1.807, 2.05) is 4.98 Å². The average molecular weight is 258 g/mol. The van der Waals surface area contributed by atoms with Crippen molar-refractivity contribution in [1.29, 1.82) is 0 Å². The highest BCUT2D eigenvalue weighted by molar-refractivity contribution is 4.95. The molecule has 3 N–H and O–H groups in total. The Morgan fingerprint density at radius 3 is 2.67 bits per heavy atom. The SMILES string of the molecule is O=c1[nH]c(=O)n(C2CCC(CO)C2CO)cc1F. The van der Waals surface area contributed by atoms with E-state index in [4.69, 9.17) is 5.11 Å². The van der Waals surface area contributed by atoms with Crippen LogP contribution in [0.15, 0.2) is 15.8 Å². The first-order valence-electron chi connectivity index (χ1n) is 5.81. The molecule has 0 aromatic carbocycles. The van der Waals surface area contributed by atoms with Crippen molar-refractivity contribution in [3.63, 3.8) is 0 Å². The lowest BCUT2D eigenvalue weighted by atomic mass is 9.95. The minimum atomic E-state index is -1.05. The monoisotopic (exact) mass is 258 g/mol. The number of halogens is 1. The van der Waals surface area contributed by atoms with Crippen molar-refractivity contribution in [2.24, 2.45) is 11.8 Å². The maximum atomic E-state index is 13.2. The fourth-order valence-corrected chi connectivity index (χ4v) is 2.68. The summed E-state index contributed by atoms with van der Waals surface area (Å²) in [5.41, 5.74) is -1.74. The summed E-state index contributed by atoms with van der Waals surface area (Å²) < 4.78 is 14.3. The molecule has 0 bridgehead atoms. The van der Waals surface area contributed by atoms with Crippen molar-refractivity contribution in [2.45, 2.75) is 18.9 Å². The molecule has 1 heterocycles. The van der Waals surface area contributed by atoms with Crippen molar-refractivity contribution in [3.05, 3.63) is 32.9 Å². The molecule has 6 nitrogen and oxygen atoms in total. The van der Waals surface area contributed by atoms with Gasteiger partial charge in [0.05, 0.1) is 6.20 Å². The molecule has 1 fully saturated rings. The molecule has 1 aromatic heterocycles. The second kappa shape index (κ2) is 5.03. The Hall–Kier alpha value is -1.47. The van der Waals surface area contributed by atoms with E-state index in [2.05, 4.69) is 0 Å². The summed E-state index contributed by atoms with van der Waals surface area (Å²) in [6.07, 6.45) is 2.08. The zero-order chi connectivity index (χ0) is 13.3. The van der Waals surface area contributed by atoms with E-state index >= 15 is 0 Å². The molecule has 0 amide bonds. The number of aliphatic hydroxyl groups excluding tert-OH is 2. The molecule has 1 aliphatic rings. The predicted octanol–water partition coefficient (Wildman–Crippen LogP) is -0.772. The number of nitrogens with zero attached hydrogens (tertiary/aromatic N) is 1. The van der Waals surface area contributed by atoms with Gasteiger partial charge in [0.2, 0.25) is 5.82 Å². The van der Waals surface area contributed by atoms with Crippen molar-refractivity contribution >= 4 is 0 Å². The van der Waals surface area contributed by atoms with Gasteiger partial charge in [0.25, 0.3) is 5.56 Å². The number of nitrogens with one attached hydrogen (secondary N) is 1. The van der Waals surface area contributed by atoms with Gasteiger partial charge >= 0.3 is 5.69 Å². The van der Waals surface area contributed by atoms with Crippen LogP contribution in [-0.2, 0) is 0 Å². The smallest absolute Gasteiger partial charge is 0.328 e. The lowest BCUT2D eigenvalue weighted by Crippen LogP contribution is -2.36. The Morgan fingerprint density at radius 2 is 2.06 bits per heavy atom. The molecule has 1 aromatic rings. The number of aromatic amines is 1. The molecule has 0 radical (unpaired) electrons. The minimum Gasteiger partial charge on any atom is -0.396 e. The molecule has 0 aliphatic heterocycles. The molecule has 0 saturated heterocycles. The summed E-state index contributed by atoms with van der Waals surface area (Å²) in [5.74, 6) is -1.45. The van der Waals surface area contributed by atoms with Crippen LogP contribution in [0.2, 0.25) is 0 Å². The Labute approximate surface area is 102 Å². The summed E-state index contributed by atoms with van der Waals surface area (Å²) in [6, 6.07) is -0.397. The molecule has 0 spiro atoms. The van der Waals surface area contributed by atoms with Crippen molar-refractivity contribution in [3.8, 4) is 0 Å². The topological polar surface area (TPSA) is 95.3 Å². The number of aliphatic hydroxyl groups is 2. The minimum absolute atomic E-state index is 0.0810. The highest BCUT2D eigenvalue weighted by atomic mass is 19.1. The van der Waals surface area contributed by atoms with Crippen LogP contribution in [0.1, 0.15) is 18.9 Å². The van der Waals surface area contributed by atoms with Crippen molar-refractivity contribution in [2.75, 3.05) is 13.2 Å². The second-order valence-corrected chi connectivity index (χ2v) is 4.58. The maximum absolute atomic E-state index is 13.2. The van der Waals surface area contributed by atoms with Crippen molar-refractivity contribution < 1.29 is 14.6 Å².